The standard InChI is InChI=1S/C19H32N4O3S.HI/c1-20-19(22-10-4-9-21-18(24)17-6-3-15-27-17)23-11-7-16(8-12-23)26-14-5-13-25-2;/h3,6,15-16H,4-5,7-14H2,1-2H3,(H,20,22)(H,21,24);1H. The number of hydrogen-bond acceptors (Lipinski definition) is 5. The van der Waals surface area contributed by atoms with Crippen molar-refractivity contribution >= 4 is 47.2 Å². The van der Waals surface area contributed by atoms with Crippen LogP contribution in [0.2, 0.25) is 0 Å². The van der Waals surface area contributed by atoms with Crippen LogP contribution in [0.4, 0.5) is 0 Å². The number of halogens is 1. The summed E-state index contributed by atoms with van der Waals surface area (Å²) in [6.45, 7) is 4.85. The Kier molecular flexibility index (Phi) is 13.5. The molecule has 2 heterocycles. The molecule has 0 saturated carbocycles. The number of amides is 1. The van der Waals surface area contributed by atoms with Crippen LogP contribution in [-0.4, -0.2) is 76.4 Å². The van der Waals surface area contributed by atoms with Gasteiger partial charge in [0.1, 0.15) is 0 Å². The molecule has 0 aromatic carbocycles. The van der Waals surface area contributed by atoms with Crippen LogP contribution < -0.4 is 10.6 Å². The number of carbonyl (C=O) groups is 1. The fourth-order valence-electron chi connectivity index (χ4n) is 3.01. The maximum absolute atomic E-state index is 11.9. The molecule has 0 spiro atoms. The third-order valence-corrected chi connectivity index (χ3v) is 5.34. The van der Waals surface area contributed by atoms with Crippen molar-refractivity contribution in [2.75, 3.05) is 53.6 Å². The van der Waals surface area contributed by atoms with E-state index in [9.17, 15) is 4.79 Å². The Labute approximate surface area is 189 Å². The molecule has 2 rings (SSSR count). The van der Waals surface area contributed by atoms with E-state index in [-0.39, 0.29) is 29.9 Å². The Hall–Kier alpha value is -0.910. The van der Waals surface area contributed by atoms with Gasteiger partial charge in [-0.3, -0.25) is 9.79 Å². The van der Waals surface area contributed by atoms with Crippen LogP contribution in [-0.2, 0) is 9.47 Å². The van der Waals surface area contributed by atoms with E-state index < -0.39 is 0 Å². The van der Waals surface area contributed by atoms with Crippen molar-refractivity contribution in [1.29, 1.82) is 0 Å². The number of thiophene rings is 1. The largest absolute Gasteiger partial charge is 0.385 e. The van der Waals surface area contributed by atoms with Crippen LogP contribution in [0.25, 0.3) is 0 Å². The van der Waals surface area contributed by atoms with Crippen molar-refractivity contribution in [3.63, 3.8) is 0 Å². The van der Waals surface area contributed by atoms with E-state index in [0.717, 1.165) is 69.4 Å². The lowest BCUT2D eigenvalue weighted by Crippen LogP contribution is -2.47. The van der Waals surface area contributed by atoms with Gasteiger partial charge in [-0.25, -0.2) is 0 Å². The van der Waals surface area contributed by atoms with Crippen molar-refractivity contribution in [1.82, 2.24) is 15.5 Å². The number of rotatable bonds is 10. The number of nitrogens with zero attached hydrogens (tertiary/aromatic N) is 2. The van der Waals surface area contributed by atoms with E-state index in [2.05, 4.69) is 20.5 Å². The van der Waals surface area contributed by atoms with Gasteiger partial charge in [0.15, 0.2) is 5.96 Å². The number of likely N-dealkylation sites (tertiary alicyclic amines) is 1. The van der Waals surface area contributed by atoms with E-state index in [0.29, 0.717) is 12.6 Å². The summed E-state index contributed by atoms with van der Waals surface area (Å²) in [6.07, 6.45) is 4.18. The van der Waals surface area contributed by atoms with Gasteiger partial charge >= 0.3 is 0 Å². The quantitative estimate of drug-likeness (QED) is 0.213. The molecule has 0 bridgehead atoms. The normalized spacial score (nSPS) is 15.2. The molecule has 2 N–H and O–H groups in total. The van der Waals surface area contributed by atoms with E-state index in [1.165, 1.54) is 11.3 Å². The van der Waals surface area contributed by atoms with Crippen LogP contribution >= 0.6 is 35.3 Å². The average molecular weight is 524 g/mol. The van der Waals surface area contributed by atoms with Crippen molar-refractivity contribution in [3.05, 3.63) is 22.4 Å². The third-order valence-electron chi connectivity index (χ3n) is 4.47. The van der Waals surface area contributed by atoms with E-state index in [1.807, 2.05) is 24.6 Å². The molecule has 1 aromatic rings. The molecule has 0 radical (unpaired) electrons. The van der Waals surface area contributed by atoms with Crippen molar-refractivity contribution in [2.45, 2.75) is 31.8 Å². The molecule has 0 atom stereocenters. The Morgan fingerprint density at radius 3 is 2.64 bits per heavy atom. The zero-order valence-corrected chi connectivity index (χ0v) is 20.0. The molecule has 1 aliphatic heterocycles. The van der Waals surface area contributed by atoms with Gasteiger partial charge in [-0.05, 0) is 37.1 Å². The summed E-state index contributed by atoms with van der Waals surface area (Å²) in [6, 6.07) is 3.73. The predicted molar refractivity (Wildman–Crippen MR) is 125 cm³/mol. The summed E-state index contributed by atoms with van der Waals surface area (Å²) >= 11 is 1.46. The minimum Gasteiger partial charge on any atom is -0.385 e. The molecule has 1 aliphatic rings. The first-order valence-electron chi connectivity index (χ1n) is 9.62. The number of nitrogens with one attached hydrogen (secondary N) is 2. The predicted octanol–water partition coefficient (Wildman–Crippen LogP) is 2.58. The highest BCUT2D eigenvalue weighted by atomic mass is 127. The fourth-order valence-corrected chi connectivity index (χ4v) is 3.65. The van der Waals surface area contributed by atoms with E-state index in [1.54, 1.807) is 7.11 Å². The molecular weight excluding hydrogens is 491 g/mol. The Morgan fingerprint density at radius 2 is 2.00 bits per heavy atom. The maximum atomic E-state index is 11.9. The van der Waals surface area contributed by atoms with Gasteiger partial charge in [0, 0.05) is 53.6 Å². The second-order valence-electron chi connectivity index (χ2n) is 6.46. The molecule has 1 amide bonds. The van der Waals surface area contributed by atoms with Gasteiger partial charge in [0.05, 0.1) is 11.0 Å². The van der Waals surface area contributed by atoms with Gasteiger partial charge in [-0.2, -0.15) is 0 Å². The van der Waals surface area contributed by atoms with Crippen LogP contribution in [0.15, 0.2) is 22.5 Å². The van der Waals surface area contributed by atoms with E-state index in [4.69, 9.17) is 9.47 Å². The minimum absolute atomic E-state index is 0. The highest BCUT2D eigenvalue weighted by molar-refractivity contribution is 14.0. The lowest BCUT2D eigenvalue weighted by atomic mass is 10.1. The first-order valence-corrected chi connectivity index (χ1v) is 10.5. The number of aliphatic imine (C=N–C) groups is 1. The van der Waals surface area contributed by atoms with Crippen LogP contribution in [0.3, 0.4) is 0 Å². The van der Waals surface area contributed by atoms with Crippen molar-refractivity contribution in [2.24, 2.45) is 4.99 Å². The summed E-state index contributed by atoms with van der Waals surface area (Å²) < 4.78 is 11.0. The maximum Gasteiger partial charge on any atom is 0.261 e. The van der Waals surface area contributed by atoms with Crippen LogP contribution in [0, 0.1) is 0 Å². The summed E-state index contributed by atoms with van der Waals surface area (Å²) in [5.41, 5.74) is 0. The number of hydrogen-bond donors (Lipinski definition) is 2. The molecule has 7 nitrogen and oxygen atoms in total. The molecule has 1 aromatic heterocycles. The summed E-state index contributed by atoms with van der Waals surface area (Å²) in [5.74, 6) is 0.930. The Morgan fingerprint density at radius 1 is 1.25 bits per heavy atom. The summed E-state index contributed by atoms with van der Waals surface area (Å²) in [7, 11) is 3.53. The zero-order chi connectivity index (χ0) is 19.3. The summed E-state index contributed by atoms with van der Waals surface area (Å²) in [5, 5.41) is 8.25. The molecule has 160 valence electrons. The molecule has 1 saturated heterocycles. The molecule has 0 aliphatic carbocycles. The van der Waals surface area contributed by atoms with Crippen LogP contribution in [0.1, 0.15) is 35.4 Å². The lowest BCUT2D eigenvalue weighted by molar-refractivity contribution is 0.00991. The molecular formula is C19H33IN4O3S. The smallest absolute Gasteiger partial charge is 0.261 e. The highest BCUT2D eigenvalue weighted by Gasteiger charge is 2.21. The first-order chi connectivity index (χ1) is 13.2. The van der Waals surface area contributed by atoms with E-state index >= 15 is 0 Å². The summed E-state index contributed by atoms with van der Waals surface area (Å²) in [4.78, 5) is 19.3. The third kappa shape index (κ3) is 9.06. The number of carbonyl (C=O) groups excluding carboxylic acids is 1. The SMILES string of the molecule is CN=C(NCCCNC(=O)c1cccs1)N1CCC(OCCCOC)CC1.I. The van der Waals surface area contributed by atoms with Gasteiger partial charge < -0.3 is 25.0 Å². The monoisotopic (exact) mass is 524 g/mol. The number of piperidine rings is 1. The second-order valence-corrected chi connectivity index (χ2v) is 7.41. The van der Waals surface area contributed by atoms with Crippen molar-refractivity contribution in [3.8, 4) is 0 Å². The van der Waals surface area contributed by atoms with Gasteiger partial charge in [-0.15, -0.1) is 35.3 Å². The van der Waals surface area contributed by atoms with Gasteiger partial charge in [-0.1, -0.05) is 6.07 Å². The Bertz CT molecular complexity index is 564. The molecule has 1 fully saturated rings. The number of guanidine groups is 1. The minimum atomic E-state index is 0. The highest BCUT2D eigenvalue weighted by Crippen LogP contribution is 2.14. The molecule has 0 unspecified atom stereocenters. The number of ether oxygens (including phenoxy) is 2. The second kappa shape index (κ2) is 15.0. The number of methoxy groups -OCH3 is 1. The lowest BCUT2D eigenvalue weighted by Gasteiger charge is -2.34. The average Bonchev–Trinajstić information content (AvgIpc) is 3.23. The fraction of sp³-hybridized carbons (Fsp3) is 0.684. The molecule has 28 heavy (non-hydrogen) atoms. The van der Waals surface area contributed by atoms with Crippen LogP contribution in [0.5, 0.6) is 0 Å². The van der Waals surface area contributed by atoms with Gasteiger partial charge in [0.25, 0.3) is 5.91 Å². The first kappa shape index (κ1) is 25.1. The van der Waals surface area contributed by atoms with Gasteiger partial charge in [0.2, 0.25) is 0 Å². The topological polar surface area (TPSA) is 75.2 Å². The zero-order valence-electron chi connectivity index (χ0n) is 16.8. The Balaban J connectivity index is 0.00000392. The van der Waals surface area contributed by atoms with Crippen molar-refractivity contribution < 1.29 is 14.3 Å². The molecule has 9 heteroatoms.